The van der Waals surface area contributed by atoms with Gasteiger partial charge in [0.25, 0.3) is 0 Å². The van der Waals surface area contributed by atoms with Crippen molar-refractivity contribution in [2.24, 2.45) is 0 Å². The Morgan fingerprint density at radius 3 is 2.59 bits per heavy atom. The lowest BCUT2D eigenvalue weighted by Crippen LogP contribution is -2.31. The molecule has 0 atom stereocenters. The Kier molecular flexibility index (Phi) is 6.90. The minimum atomic E-state index is 1.10. The topological polar surface area (TPSA) is 15.3 Å². The van der Waals surface area contributed by atoms with Gasteiger partial charge in [-0.15, -0.1) is 0 Å². The van der Waals surface area contributed by atoms with Gasteiger partial charge in [-0.3, -0.25) is 0 Å². The molecular weight excluding hydrogens is 208 g/mol. The summed E-state index contributed by atoms with van der Waals surface area (Å²) in [6.07, 6.45) is 2.36. The summed E-state index contributed by atoms with van der Waals surface area (Å²) in [6.45, 7) is 8.89. The van der Waals surface area contributed by atoms with E-state index < -0.39 is 0 Å². The fraction of sp³-hybridized carbons (Fsp3) is 0.600. The Bertz CT molecular complexity index is 310. The zero-order valence-electron chi connectivity index (χ0n) is 11.5. The molecule has 1 aromatic rings. The average molecular weight is 234 g/mol. The maximum absolute atomic E-state index is 3.43. The summed E-state index contributed by atoms with van der Waals surface area (Å²) in [5.41, 5.74) is 2.88. The molecule has 0 spiro atoms. The molecule has 0 saturated heterocycles. The van der Waals surface area contributed by atoms with Crippen molar-refractivity contribution < 1.29 is 0 Å². The Balaban J connectivity index is 2.19. The van der Waals surface area contributed by atoms with Gasteiger partial charge in [0.15, 0.2) is 0 Å². The smallest absolute Gasteiger partial charge is 0.0104 e. The van der Waals surface area contributed by atoms with Gasteiger partial charge in [-0.1, -0.05) is 31.2 Å². The third-order valence-electron chi connectivity index (χ3n) is 3.12. The van der Waals surface area contributed by atoms with Crippen molar-refractivity contribution >= 4 is 0 Å². The van der Waals surface area contributed by atoms with Gasteiger partial charge in [-0.2, -0.15) is 0 Å². The van der Waals surface area contributed by atoms with Gasteiger partial charge < -0.3 is 10.2 Å². The molecule has 0 radical (unpaired) electrons. The van der Waals surface area contributed by atoms with Gasteiger partial charge in [0.05, 0.1) is 0 Å². The second kappa shape index (κ2) is 8.26. The van der Waals surface area contributed by atoms with Crippen LogP contribution in [0.2, 0.25) is 0 Å². The van der Waals surface area contributed by atoms with Gasteiger partial charge >= 0.3 is 0 Å². The van der Waals surface area contributed by atoms with Crippen molar-refractivity contribution in [2.45, 2.75) is 26.7 Å². The van der Waals surface area contributed by atoms with E-state index in [0.717, 1.165) is 32.6 Å². The number of nitrogens with one attached hydrogen (secondary N) is 1. The van der Waals surface area contributed by atoms with Crippen LogP contribution >= 0.6 is 0 Å². The monoisotopic (exact) mass is 234 g/mol. The molecule has 0 fully saturated rings. The van der Waals surface area contributed by atoms with Gasteiger partial charge in [-0.25, -0.2) is 0 Å². The van der Waals surface area contributed by atoms with Crippen molar-refractivity contribution in [1.29, 1.82) is 0 Å². The summed E-state index contributed by atoms with van der Waals surface area (Å²) in [5, 5.41) is 3.43. The van der Waals surface area contributed by atoms with Crippen LogP contribution in [-0.2, 0) is 6.42 Å². The molecule has 1 rings (SSSR count). The second-order valence-corrected chi connectivity index (χ2v) is 4.73. The van der Waals surface area contributed by atoms with Crippen LogP contribution in [0.15, 0.2) is 24.3 Å². The summed E-state index contributed by atoms with van der Waals surface area (Å²) in [6, 6.07) is 8.67. The molecule has 96 valence electrons. The molecule has 0 aliphatic heterocycles. The van der Waals surface area contributed by atoms with Crippen LogP contribution in [-0.4, -0.2) is 38.1 Å². The summed E-state index contributed by atoms with van der Waals surface area (Å²) in [4.78, 5) is 2.40. The van der Waals surface area contributed by atoms with Crippen LogP contribution in [0.4, 0.5) is 0 Å². The van der Waals surface area contributed by atoms with Gasteiger partial charge in [0, 0.05) is 19.6 Å². The number of nitrogens with zero attached hydrogens (tertiary/aromatic N) is 1. The summed E-state index contributed by atoms with van der Waals surface area (Å²) in [5.74, 6) is 0. The fourth-order valence-electron chi connectivity index (χ4n) is 1.89. The third-order valence-corrected chi connectivity index (χ3v) is 3.12. The molecule has 1 N–H and O–H groups in total. The van der Waals surface area contributed by atoms with Crippen LogP contribution in [0.1, 0.15) is 24.5 Å². The number of benzene rings is 1. The van der Waals surface area contributed by atoms with Crippen molar-refractivity contribution in [3.05, 3.63) is 35.4 Å². The molecule has 0 bridgehead atoms. The minimum Gasteiger partial charge on any atom is -0.315 e. The van der Waals surface area contributed by atoms with Crippen molar-refractivity contribution in [2.75, 3.05) is 33.2 Å². The summed E-state index contributed by atoms with van der Waals surface area (Å²) in [7, 11) is 2.20. The first-order valence-corrected chi connectivity index (χ1v) is 6.67. The van der Waals surface area contributed by atoms with E-state index in [2.05, 4.69) is 55.4 Å². The van der Waals surface area contributed by atoms with E-state index in [4.69, 9.17) is 0 Å². The molecule has 0 unspecified atom stereocenters. The van der Waals surface area contributed by atoms with E-state index >= 15 is 0 Å². The van der Waals surface area contributed by atoms with Crippen molar-refractivity contribution in [3.63, 3.8) is 0 Å². The number of rotatable bonds is 8. The highest BCUT2D eigenvalue weighted by atomic mass is 15.1. The Morgan fingerprint density at radius 1 is 1.12 bits per heavy atom. The normalized spacial score (nSPS) is 11.1. The first kappa shape index (κ1) is 14.2. The van der Waals surface area contributed by atoms with E-state index in [0.29, 0.717) is 0 Å². The van der Waals surface area contributed by atoms with E-state index in [-0.39, 0.29) is 0 Å². The molecular formula is C15H26N2. The number of hydrogen-bond acceptors (Lipinski definition) is 2. The van der Waals surface area contributed by atoms with Crippen LogP contribution in [0.25, 0.3) is 0 Å². The Hall–Kier alpha value is -0.860. The maximum atomic E-state index is 3.43. The highest BCUT2D eigenvalue weighted by Crippen LogP contribution is 2.07. The number of hydrogen-bond donors (Lipinski definition) is 1. The maximum Gasteiger partial charge on any atom is 0.0104 e. The Labute approximate surface area is 106 Å². The number of likely N-dealkylation sites (N-methyl/N-ethyl adjacent to an activating group) is 1. The lowest BCUT2D eigenvalue weighted by molar-refractivity contribution is 0.335. The largest absolute Gasteiger partial charge is 0.315 e. The van der Waals surface area contributed by atoms with Gasteiger partial charge in [0.2, 0.25) is 0 Å². The molecule has 0 aliphatic rings. The van der Waals surface area contributed by atoms with Crippen LogP contribution in [0, 0.1) is 6.92 Å². The predicted molar refractivity (Wildman–Crippen MR) is 75.5 cm³/mol. The van der Waals surface area contributed by atoms with E-state index in [9.17, 15) is 0 Å². The quantitative estimate of drug-likeness (QED) is 0.695. The molecule has 2 heteroatoms. The zero-order valence-corrected chi connectivity index (χ0v) is 11.5. The first-order chi connectivity index (χ1) is 8.24. The molecule has 0 aliphatic carbocycles. The first-order valence-electron chi connectivity index (χ1n) is 6.67. The van der Waals surface area contributed by atoms with E-state index in [1.807, 2.05) is 0 Å². The molecule has 1 aromatic carbocycles. The van der Waals surface area contributed by atoms with Gasteiger partial charge in [-0.05, 0) is 44.5 Å². The predicted octanol–water partition coefficient (Wildman–Crippen LogP) is 2.47. The molecule has 0 saturated carbocycles. The minimum absolute atomic E-state index is 1.10. The highest BCUT2D eigenvalue weighted by molar-refractivity contribution is 5.25. The lowest BCUT2D eigenvalue weighted by atomic mass is 10.1. The fourth-order valence-corrected chi connectivity index (χ4v) is 1.89. The van der Waals surface area contributed by atoms with E-state index in [1.165, 1.54) is 17.5 Å². The standard InChI is InChI=1S/C15H26N2/c1-4-10-16-11-13-17(3)12-9-15-8-6-5-7-14(15)2/h5-8,16H,4,9-13H2,1-3H3. The van der Waals surface area contributed by atoms with E-state index in [1.54, 1.807) is 0 Å². The molecule has 0 heterocycles. The van der Waals surface area contributed by atoms with Crippen LogP contribution in [0.5, 0.6) is 0 Å². The molecule has 17 heavy (non-hydrogen) atoms. The van der Waals surface area contributed by atoms with Crippen LogP contribution < -0.4 is 5.32 Å². The number of aryl methyl sites for hydroxylation is 1. The molecule has 2 nitrogen and oxygen atoms in total. The summed E-state index contributed by atoms with van der Waals surface area (Å²) < 4.78 is 0. The van der Waals surface area contributed by atoms with Crippen molar-refractivity contribution in [3.8, 4) is 0 Å². The second-order valence-electron chi connectivity index (χ2n) is 4.73. The summed E-state index contributed by atoms with van der Waals surface area (Å²) >= 11 is 0. The molecule has 0 aromatic heterocycles. The lowest BCUT2D eigenvalue weighted by Gasteiger charge is -2.17. The van der Waals surface area contributed by atoms with Crippen molar-refractivity contribution in [1.82, 2.24) is 10.2 Å². The zero-order chi connectivity index (χ0) is 12.5. The highest BCUT2D eigenvalue weighted by Gasteiger charge is 2.00. The SMILES string of the molecule is CCCNCCN(C)CCc1ccccc1C. The average Bonchev–Trinajstić information content (AvgIpc) is 2.34. The van der Waals surface area contributed by atoms with Crippen LogP contribution in [0.3, 0.4) is 0 Å². The van der Waals surface area contributed by atoms with Gasteiger partial charge in [0.1, 0.15) is 0 Å². The Morgan fingerprint density at radius 2 is 1.88 bits per heavy atom. The third kappa shape index (κ3) is 5.85. The molecule has 0 amide bonds.